The van der Waals surface area contributed by atoms with E-state index in [1.54, 1.807) is 19.9 Å². The number of unbranched alkanes of at least 4 members (excludes halogenated alkanes) is 8. The van der Waals surface area contributed by atoms with Crippen molar-refractivity contribution in [2.24, 2.45) is 76.9 Å². The number of rotatable bonds is 52. The number of hydrogen-bond acceptors (Lipinski definition) is 22. The fourth-order valence-electron chi connectivity index (χ4n) is 23.1. The number of aliphatic hydroxyl groups excluding tert-OH is 9. The molecule has 4 amide bonds. The van der Waals surface area contributed by atoms with Crippen LogP contribution in [0.4, 0.5) is 0 Å². The van der Waals surface area contributed by atoms with Gasteiger partial charge in [0.1, 0.15) is 47.2 Å². The molecule has 4 aromatic rings. The summed E-state index contributed by atoms with van der Waals surface area (Å²) in [5.41, 5.74) is 8.87. The second-order valence-electron chi connectivity index (χ2n) is 40.8. The Labute approximate surface area is 813 Å². The molecule has 8 aliphatic carbocycles. The summed E-state index contributed by atoms with van der Waals surface area (Å²) in [6, 6.07) is 18.4. The zero-order valence-electron chi connectivity index (χ0n) is 82.1. The molecule has 138 heavy (non-hydrogen) atoms. The molecule has 12 rings (SSSR count). The number of amides is 4. The highest BCUT2D eigenvalue weighted by atomic mass is 16.5. The first-order valence-electron chi connectivity index (χ1n) is 51.3. The molecule has 4 fully saturated rings. The fourth-order valence-corrected chi connectivity index (χ4v) is 23.1. The normalized spacial score (nSPS) is 25.0. The van der Waals surface area contributed by atoms with Gasteiger partial charge in [0.2, 0.25) is 0 Å². The van der Waals surface area contributed by atoms with Crippen molar-refractivity contribution in [3.05, 3.63) is 117 Å². The fraction of sp³-hybridized carbons (Fsp3) is 0.692. The van der Waals surface area contributed by atoms with Crippen LogP contribution in [-0.4, -0.2) is 231 Å². The molecule has 0 heterocycles. The first-order valence-corrected chi connectivity index (χ1v) is 51.3. The van der Waals surface area contributed by atoms with E-state index in [4.69, 9.17) is 44.5 Å². The van der Waals surface area contributed by atoms with E-state index in [0.717, 1.165) is 252 Å². The summed E-state index contributed by atoms with van der Waals surface area (Å²) in [6.07, 6.45) is 28.9. The third-order valence-corrected chi connectivity index (χ3v) is 30.5. The number of aliphatic hydroxyl groups is 9. The zero-order chi connectivity index (χ0) is 100. The minimum Gasteiger partial charge on any atom is -0.483 e. The maximum absolute atomic E-state index is 12.3. The topological polar surface area (TPSA) is 522 Å². The predicted molar refractivity (Wildman–Crippen MR) is 517 cm³/mol. The summed E-state index contributed by atoms with van der Waals surface area (Å²) < 4.78 is 23.1. The molecular weight excluding hydrogens is 1770 g/mol. The van der Waals surface area contributed by atoms with Gasteiger partial charge in [-0.25, -0.2) is 14.4 Å². The van der Waals surface area contributed by atoms with Crippen LogP contribution in [0.3, 0.4) is 0 Å². The number of carboxylic acids is 5. The first-order chi connectivity index (χ1) is 66.0. The number of benzene rings is 4. The number of carbonyl (C=O) groups excluding carboxylic acids is 4. The average Bonchev–Trinajstić information content (AvgIpc) is 1.61. The molecule has 18 N–H and O–H groups in total. The lowest BCUT2D eigenvalue weighted by molar-refractivity contribution is -0.147. The average molecular weight is 1930 g/mol. The monoisotopic (exact) mass is 1930 g/mol. The standard InChI is InChI=1S/C28H43NO6.C27H39NO8.C26H39NO7.C26H39NO6/c1-4-5-6-9-20(30)11-12-21-22-13-18-8-7-10-25(23(18)14-19(22)15-24(21)31)35-16-26(32)29-27(17(2)3)28(33)34;1-2-3-4-7-18(29)9-10-19-20-11-16-6-5-8-24(21(16)12-17(20)13-23(19)30)36-15-25(31)28-22(27(34)35)14-26(32)33;1-2-3-4-7-18(29)9-10-19-20-11-16-6-5-8-24(21(16)12-17(20)13-23(19)30)34-15-25(31)27-22(14-28)26(32)33;1-3-4-5-8-19(28)10-11-20-21-12-17-7-6-9-24(22(17)13-18(21)14-23(20)29)33-15-25(30)27-16(2)26(31)32/h7-8,10,17,19-22,24,27,30-31H,4-6,9,11-16H2,1-3H3,(H,29,32)(H,33,34);5-6,8,17-20,22-23,29-30H,2-4,7,9-15H2,1H3,(H,28,31)(H,32,33)(H,34,35);5-6,8,17-20,22-23,28-30H,2-4,7,9-15H2,1H3,(H,27,31)(H,32,33);6-7,9,16,18-21,23,28-29H,3-5,8,10-15H2,1-2H3,(H,27,30)(H,31,32)/t19-,20-,21+,22-,24+,27-;2*17-,18-,19+,20-,22-,23+;16-,18-,19-,20+,21-,23+/m0000/s1. The molecule has 31 nitrogen and oxygen atoms in total. The van der Waals surface area contributed by atoms with E-state index in [1.807, 2.05) is 48.5 Å². The molecule has 8 aliphatic rings. The number of fused-ring (bicyclic) bond motifs is 8. The van der Waals surface area contributed by atoms with E-state index in [9.17, 15) is 89.1 Å². The van der Waals surface area contributed by atoms with Crippen LogP contribution in [0.5, 0.6) is 23.0 Å². The lowest BCUT2D eigenvalue weighted by Crippen LogP contribution is -2.46. The van der Waals surface area contributed by atoms with Gasteiger partial charge in [0.05, 0.1) is 61.9 Å². The van der Waals surface area contributed by atoms with Gasteiger partial charge in [0.15, 0.2) is 26.4 Å². The van der Waals surface area contributed by atoms with E-state index in [2.05, 4.69) is 67.2 Å². The number of ether oxygens (including phenoxy) is 4. The molecule has 0 spiro atoms. The molecule has 770 valence electrons. The molecule has 24 atom stereocenters. The van der Waals surface area contributed by atoms with E-state index in [1.165, 1.54) is 18.1 Å². The molecule has 0 aromatic heterocycles. The Balaban J connectivity index is 0.000000206. The van der Waals surface area contributed by atoms with Crippen LogP contribution in [-0.2, 0) is 94.5 Å². The maximum Gasteiger partial charge on any atom is 0.328 e. The quantitative estimate of drug-likeness (QED) is 0.0183. The van der Waals surface area contributed by atoms with E-state index < -0.39 is 103 Å². The number of carboxylic acid groups (broad SMARTS) is 5. The van der Waals surface area contributed by atoms with Crippen LogP contribution in [0, 0.1) is 76.9 Å². The van der Waals surface area contributed by atoms with Crippen molar-refractivity contribution >= 4 is 53.5 Å². The van der Waals surface area contributed by atoms with Gasteiger partial charge in [-0.15, -0.1) is 0 Å². The van der Waals surface area contributed by atoms with Crippen molar-refractivity contribution in [3.8, 4) is 23.0 Å². The summed E-state index contributed by atoms with van der Waals surface area (Å²) >= 11 is 0. The predicted octanol–water partition coefficient (Wildman–Crippen LogP) is 11.4. The van der Waals surface area contributed by atoms with E-state index in [0.29, 0.717) is 83.2 Å². The minimum absolute atomic E-state index is 0.154. The van der Waals surface area contributed by atoms with Crippen molar-refractivity contribution in [1.29, 1.82) is 0 Å². The Bertz CT molecular complexity index is 4530. The second-order valence-corrected chi connectivity index (χ2v) is 40.8. The number of carbonyl (C=O) groups is 9. The number of hydrogen-bond donors (Lipinski definition) is 18. The van der Waals surface area contributed by atoms with Crippen molar-refractivity contribution < 1.29 is 134 Å². The maximum atomic E-state index is 12.3. The first kappa shape index (κ1) is 113. The van der Waals surface area contributed by atoms with Crippen LogP contribution < -0.4 is 40.2 Å². The largest absolute Gasteiger partial charge is 0.483 e. The third kappa shape index (κ3) is 33.6. The van der Waals surface area contributed by atoms with Gasteiger partial charge in [0.25, 0.3) is 23.6 Å². The van der Waals surface area contributed by atoms with Gasteiger partial charge < -0.3 is 112 Å². The second kappa shape index (κ2) is 56.6. The minimum atomic E-state index is -1.52. The molecule has 0 aliphatic heterocycles. The lowest BCUT2D eigenvalue weighted by Gasteiger charge is -2.32. The van der Waals surface area contributed by atoms with E-state index >= 15 is 0 Å². The van der Waals surface area contributed by atoms with Gasteiger partial charge in [-0.2, -0.15) is 0 Å². The molecule has 0 saturated heterocycles. The van der Waals surface area contributed by atoms with Gasteiger partial charge in [0, 0.05) is 0 Å². The van der Waals surface area contributed by atoms with Crippen LogP contribution in [0.25, 0.3) is 0 Å². The van der Waals surface area contributed by atoms with Crippen LogP contribution >= 0.6 is 0 Å². The zero-order valence-corrected chi connectivity index (χ0v) is 82.1. The highest BCUT2D eigenvalue weighted by molar-refractivity contribution is 5.88. The highest BCUT2D eigenvalue weighted by Crippen LogP contribution is 2.53. The Morgan fingerprint density at radius 1 is 0.341 bits per heavy atom. The lowest BCUT2D eigenvalue weighted by atomic mass is 9.73. The van der Waals surface area contributed by atoms with Crippen LogP contribution in [0.2, 0.25) is 0 Å². The van der Waals surface area contributed by atoms with Gasteiger partial charge in [-0.3, -0.25) is 28.8 Å². The summed E-state index contributed by atoms with van der Waals surface area (Å²) in [5.74, 6) is -2.61. The van der Waals surface area contributed by atoms with Crippen molar-refractivity contribution in [3.63, 3.8) is 0 Å². The van der Waals surface area contributed by atoms with Crippen LogP contribution in [0.1, 0.15) is 279 Å². The van der Waals surface area contributed by atoms with E-state index in [-0.39, 0.29) is 92.1 Å². The molecule has 0 radical (unpaired) electrons. The summed E-state index contributed by atoms with van der Waals surface area (Å²) in [7, 11) is 0. The molecule has 0 unspecified atom stereocenters. The molecule has 31 heteroatoms. The van der Waals surface area contributed by atoms with Crippen molar-refractivity contribution in [2.45, 2.75) is 359 Å². The number of nitrogens with one attached hydrogen (secondary N) is 4. The van der Waals surface area contributed by atoms with Crippen LogP contribution in [0.15, 0.2) is 72.8 Å². The highest BCUT2D eigenvalue weighted by Gasteiger charge is 2.50. The Morgan fingerprint density at radius 2 is 0.609 bits per heavy atom. The molecule has 4 saturated carbocycles. The molecule has 4 aromatic carbocycles. The summed E-state index contributed by atoms with van der Waals surface area (Å²) in [6.45, 7) is 11.6. The Morgan fingerprint density at radius 3 is 0.848 bits per heavy atom. The van der Waals surface area contributed by atoms with Crippen molar-refractivity contribution in [1.82, 2.24) is 21.3 Å². The van der Waals surface area contributed by atoms with Gasteiger partial charge in [-0.1, -0.05) is 167 Å². The SMILES string of the molecule is CCCCC[C@H](O)CC[C@@H]1[C@H]2Cc3cccc(OCC(=O)N[C@@H](C)C(=O)O)c3C[C@H]2C[C@H]1O.CCCCC[C@H](O)CC[C@@H]1[C@H]2Cc3cccc(OCC(=O)N[C@@H](CC(=O)O)C(=O)O)c3C[C@H]2C[C@H]1O.CCCCC[C@H](O)CC[C@@H]1[C@H]2Cc3cccc(OCC(=O)N[C@@H](CO)C(=O)O)c3C[C@H]2C[C@H]1O.CCCCC[C@H](O)CC[C@@H]1[C@H]2Cc3cccc(OCC(=O)N[C@H](C(=O)O)C(C)C)c3C[C@H]2C[C@H]1O. The smallest absolute Gasteiger partial charge is 0.328 e. The summed E-state index contributed by atoms with van der Waals surface area (Å²) in [4.78, 5) is 104. The van der Waals surface area contributed by atoms with Gasteiger partial charge in [-0.05, 0) is 307 Å². The Kier molecular flexibility index (Phi) is 46.1. The third-order valence-electron chi connectivity index (χ3n) is 30.5. The Hall–Kier alpha value is -9.05. The van der Waals surface area contributed by atoms with Crippen molar-refractivity contribution in [2.75, 3.05) is 33.0 Å². The van der Waals surface area contributed by atoms with Gasteiger partial charge >= 0.3 is 29.8 Å². The molecule has 0 bridgehead atoms. The number of aliphatic carboxylic acids is 5. The molecular formula is C107H160N4O27. The summed E-state index contributed by atoms with van der Waals surface area (Å²) in [5, 5.41) is 148.